The number of fused-ring (bicyclic) bond motifs is 1. The number of nitrogens with one attached hydrogen (secondary N) is 4. The van der Waals surface area contributed by atoms with Crippen LogP contribution in [-0.2, 0) is 28.7 Å². The van der Waals surface area contributed by atoms with Gasteiger partial charge in [0.25, 0.3) is 5.91 Å². The number of nitrogens with zero attached hydrogens (tertiary/aromatic N) is 1. The Bertz CT molecular complexity index is 1470. The molecule has 7 fully saturated rings. The highest BCUT2D eigenvalue weighted by Crippen LogP contribution is 2.65. The van der Waals surface area contributed by atoms with E-state index in [2.05, 4.69) is 41.7 Å². The van der Waals surface area contributed by atoms with Crippen molar-refractivity contribution < 1.29 is 33.5 Å². The summed E-state index contributed by atoms with van der Waals surface area (Å²) in [5, 5.41) is 12.0. The van der Waals surface area contributed by atoms with E-state index in [4.69, 9.17) is 4.74 Å². The van der Waals surface area contributed by atoms with Crippen LogP contribution in [0.1, 0.15) is 144 Å². The van der Waals surface area contributed by atoms with Crippen LogP contribution in [0, 0.1) is 40.9 Å². The zero-order valence-electron chi connectivity index (χ0n) is 34.7. The molecule has 4 N–H and O–H groups in total. The standard InChI is InChI=1S/C44H69N5O7/c1-7-11-17-32(37(51)39(53)45-19-18-33(50)56-44(8-2,9-3)10-4)46-38(52)36-34-31(42(34,5)6)26-49(36)40(54)35(30-15-13-12-14-16-30)47-41(55)48-43-23-27-20-28(24-43)22-29(21-27)25-43/h7,27-32,34-36H,1,8-26H2,2-6H3,(H,45,53)(H,46,52)(H2,47,48,55)/t27?,28?,29?,31?,32-,34?,35+,36+,43?/m1/s1. The highest BCUT2D eigenvalue weighted by Gasteiger charge is 2.70. The van der Waals surface area contributed by atoms with Gasteiger partial charge in [0.2, 0.25) is 17.6 Å². The van der Waals surface area contributed by atoms with Crippen LogP contribution >= 0.6 is 0 Å². The number of urea groups is 1. The highest BCUT2D eigenvalue weighted by atomic mass is 16.6. The van der Waals surface area contributed by atoms with E-state index in [1.807, 2.05) is 20.8 Å². The van der Waals surface area contributed by atoms with Crippen molar-refractivity contribution in [2.75, 3.05) is 13.1 Å². The topological polar surface area (TPSA) is 163 Å². The molecule has 7 aliphatic rings. The minimum absolute atomic E-state index is 0.0303. The van der Waals surface area contributed by atoms with Gasteiger partial charge in [-0.05, 0) is 124 Å². The first-order chi connectivity index (χ1) is 26.7. The lowest BCUT2D eigenvalue weighted by atomic mass is 9.53. The zero-order valence-corrected chi connectivity index (χ0v) is 34.7. The quantitative estimate of drug-likeness (QED) is 0.0786. The van der Waals surface area contributed by atoms with Crippen molar-refractivity contribution in [1.29, 1.82) is 0 Å². The van der Waals surface area contributed by atoms with Crippen molar-refractivity contribution in [1.82, 2.24) is 26.2 Å². The summed E-state index contributed by atoms with van der Waals surface area (Å²) >= 11 is 0. The van der Waals surface area contributed by atoms with Crippen LogP contribution in [0.15, 0.2) is 12.7 Å². The smallest absolute Gasteiger partial charge is 0.315 e. The number of amides is 5. The number of rotatable bonds is 18. The summed E-state index contributed by atoms with van der Waals surface area (Å²) in [6, 6.07) is -3.02. The first kappa shape index (κ1) is 42.2. The molecule has 0 aromatic rings. The zero-order chi connectivity index (χ0) is 40.4. The Kier molecular flexibility index (Phi) is 12.9. The maximum Gasteiger partial charge on any atom is 0.315 e. The summed E-state index contributed by atoms with van der Waals surface area (Å²) < 4.78 is 5.73. The molecule has 1 heterocycles. The molecule has 5 atom stereocenters. The van der Waals surface area contributed by atoms with E-state index in [9.17, 15) is 28.8 Å². The van der Waals surface area contributed by atoms with E-state index in [-0.39, 0.29) is 60.0 Å². The lowest BCUT2D eigenvalue weighted by molar-refractivity contribution is -0.161. The van der Waals surface area contributed by atoms with Crippen LogP contribution in [0.25, 0.3) is 0 Å². The third-order valence-electron chi connectivity index (χ3n) is 15.2. The van der Waals surface area contributed by atoms with Gasteiger partial charge in [0.05, 0.1) is 12.5 Å². The van der Waals surface area contributed by atoms with Gasteiger partial charge in [0, 0.05) is 18.6 Å². The molecule has 1 saturated heterocycles. The van der Waals surface area contributed by atoms with Crippen LogP contribution in [0.2, 0.25) is 0 Å². The molecular weight excluding hydrogens is 711 g/mol. The number of carbonyl (C=O) groups is 6. The number of Topliss-reactive ketones (excluding diaryl/α,β-unsaturated/α-hetero) is 1. The average Bonchev–Trinajstić information content (AvgIpc) is 3.46. The van der Waals surface area contributed by atoms with Gasteiger partial charge in [-0.2, -0.15) is 0 Å². The number of ketones is 1. The number of hydrogen-bond acceptors (Lipinski definition) is 7. The number of allylic oxidation sites excluding steroid dienone is 1. The van der Waals surface area contributed by atoms with Crippen molar-refractivity contribution in [2.45, 2.75) is 173 Å². The fraction of sp³-hybridized carbons (Fsp3) is 0.818. The summed E-state index contributed by atoms with van der Waals surface area (Å²) in [6.07, 6.45) is 15.7. The molecule has 2 unspecified atom stereocenters. The predicted octanol–water partition coefficient (Wildman–Crippen LogP) is 5.72. The van der Waals surface area contributed by atoms with E-state index in [1.54, 1.807) is 11.0 Å². The second-order valence-corrected chi connectivity index (χ2v) is 19.1. The molecule has 1 aliphatic heterocycles. The van der Waals surface area contributed by atoms with E-state index in [0.29, 0.717) is 50.0 Å². The first-order valence-electron chi connectivity index (χ1n) is 22.0. The molecule has 0 aromatic carbocycles. The number of likely N-dealkylation sites (tertiary alicyclic amines) is 1. The third-order valence-corrected chi connectivity index (χ3v) is 15.2. The molecule has 0 radical (unpaired) electrons. The Balaban J connectivity index is 1.12. The molecule has 0 aromatic heterocycles. The van der Waals surface area contributed by atoms with Crippen LogP contribution in [0.4, 0.5) is 4.79 Å². The van der Waals surface area contributed by atoms with E-state index in [1.165, 1.54) is 19.3 Å². The second-order valence-electron chi connectivity index (χ2n) is 19.1. The molecule has 56 heavy (non-hydrogen) atoms. The van der Waals surface area contributed by atoms with Crippen LogP contribution in [0.5, 0.6) is 0 Å². The molecule has 312 valence electrons. The lowest BCUT2D eigenvalue weighted by Crippen LogP contribution is -2.64. The maximum absolute atomic E-state index is 14.8. The number of ether oxygens (including phenoxy) is 1. The minimum atomic E-state index is -1.14. The molecule has 4 bridgehead atoms. The van der Waals surface area contributed by atoms with Gasteiger partial charge in [-0.3, -0.25) is 24.0 Å². The molecular formula is C44H69N5O7. The van der Waals surface area contributed by atoms with Gasteiger partial charge in [-0.25, -0.2) is 4.79 Å². The number of piperidine rings is 1. The summed E-state index contributed by atoms with van der Waals surface area (Å²) in [4.78, 5) is 84.0. The Morgan fingerprint density at radius 3 is 2.07 bits per heavy atom. The highest BCUT2D eigenvalue weighted by molar-refractivity contribution is 6.38. The van der Waals surface area contributed by atoms with Gasteiger partial charge >= 0.3 is 12.0 Å². The van der Waals surface area contributed by atoms with Gasteiger partial charge < -0.3 is 30.9 Å². The van der Waals surface area contributed by atoms with Crippen LogP contribution in [0.3, 0.4) is 0 Å². The summed E-state index contributed by atoms with van der Waals surface area (Å²) in [5.41, 5.74) is -0.928. The Morgan fingerprint density at radius 2 is 1.50 bits per heavy atom. The van der Waals surface area contributed by atoms with Crippen molar-refractivity contribution in [3.05, 3.63) is 12.7 Å². The lowest BCUT2D eigenvalue weighted by Gasteiger charge is -2.56. The Hall–Kier alpha value is -3.44. The summed E-state index contributed by atoms with van der Waals surface area (Å²) in [6.45, 7) is 14.2. The van der Waals surface area contributed by atoms with Gasteiger partial charge in [-0.15, -0.1) is 6.58 Å². The summed E-state index contributed by atoms with van der Waals surface area (Å²) in [7, 11) is 0. The normalized spacial score (nSPS) is 31.1. The van der Waals surface area contributed by atoms with Gasteiger partial charge in [0.1, 0.15) is 17.7 Å². The molecule has 6 saturated carbocycles. The fourth-order valence-corrected chi connectivity index (χ4v) is 12.1. The van der Waals surface area contributed by atoms with E-state index >= 15 is 0 Å². The number of esters is 1. The average molecular weight is 780 g/mol. The van der Waals surface area contributed by atoms with Crippen LogP contribution in [-0.4, -0.2) is 82.8 Å². The van der Waals surface area contributed by atoms with Crippen molar-refractivity contribution >= 4 is 35.5 Å². The number of carbonyl (C=O) groups excluding carboxylic acids is 6. The van der Waals surface area contributed by atoms with Crippen molar-refractivity contribution in [3.63, 3.8) is 0 Å². The molecule has 12 nitrogen and oxygen atoms in total. The predicted molar refractivity (Wildman–Crippen MR) is 213 cm³/mol. The van der Waals surface area contributed by atoms with E-state index in [0.717, 1.165) is 51.4 Å². The molecule has 0 spiro atoms. The SMILES string of the molecule is C=CCC[C@@H](NC(=O)[C@@H]1C2C(CN1C(=O)[C@@H](NC(=O)NC13CC4CC(CC(C4)C1)C3)C1CCCCC1)C2(C)C)C(=O)C(=O)NCCC(=O)OC(CC)(CC)CC. The number of hydrogen-bond donors (Lipinski definition) is 4. The molecule has 5 amide bonds. The molecule has 12 heteroatoms. The summed E-state index contributed by atoms with van der Waals surface area (Å²) in [5.74, 6) is -0.898. The largest absolute Gasteiger partial charge is 0.459 e. The van der Waals surface area contributed by atoms with Gasteiger partial charge in [0.15, 0.2) is 0 Å². The molecule has 7 rings (SSSR count). The fourth-order valence-electron chi connectivity index (χ4n) is 12.1. The minimum Gasteiger partial charge on any atom is -0.459 e. The van der Waals surface area contributed by atoms with Crippen molar-refractivity contribution in [2.24, 2.45) is 40.9 Å². The maximum atomic E-state index is 14.8. The second kappa shape index (κ2) is 17.2. The molecule has 6 aliphatic carbocycles. The Labute approximate surface area is 334 Å². The van der Waals surface area contributed by atoms with E-state index < -0.39 is 47.3 Å². The first-order valence-corrected chi connectivity index (χ1v) is 22.0. The van der Waals surface area contributed by atoms with Crippen LogP contribution < -0.4 is 21.3 Å². The van der Waals surface area contributed by atoms with Crippen molar-refractivity contribution in [3.8, 4) is 0 Å². The third kappa shape index (κ3) is 8.83. The monoisotopic (exact) mass is 780 g/mol. The Morgan fingerprint density at radius 1 is 0.893 bits per heavy atom. The van der Waals surface area contributed by atoms with Gasteiger partial charge in [-0.1, -0.05) is 60.0 Å².